The van der Waals surface area contributed by atoms with Crippen LogP contribution in [-0.2, 0) is 0 Å². The van der Waals surface area contributed by atoms with Gasteiger partial charge in [0.05, 0.1) is 24.4 Å². The normalized spacial score (nSPS) is 9.85. The minimum absolute atomic E-state index is 0.194. The average Bonchev–Trinajstić information content (AvgIpc) is 2.69. The van der Waals surface area contributed by atoms with Gasteiger partial charge in [0.15, 0.2) is 0 Å². The highest BCUT2D eigenvalue weighted by atomic mass is 16.5. The van der Waals surface area contributed by atoms with Gasteiger partial charge in [0.25, 0.3) is 5.91 Å². The molecular weight excluding hydrogens is 330 g/mol. The van der Waals surface area contributed by atoms with E-state index >= 15 is 0 Å². The van der Waals surface area contributed by atoms with Crippen molar-refractivity contribution in [2.75, 3.05) is 17.7 Å². The van der Waals surface area contributed by atoms with Crippen molar-refractivity contribution in [3.63, 3.8) is 0 Å². The lowest BCUT2D eigenvalue weighted by Crippen LogP contribution is -2.14. The first-order valence-corrected chi connectivity index (χ1v) is 7.73. The van der Waals surface area contributed by atoms with E-state index in [-0.39, 0.29) is 5.69 Å². The molecule has 7 nitrogen and oxygen atoms in total. The second-order valence-electron chi connectivity index (χ2n) is 5.26. The molecule has 7 heteroatoms. The number of ether oxygens (including phenoxy) is 1. The van der Waals surface area contributed by atoms with Crippen molar-refractivity contribution in [2.24, 2.45) is 0 Å². The van der Waals surface area contributed by atoms with Crippen LogP contribution in [0.2, 0.25) is 0 Å². The molecule has 0 atom stereocenters. The van der Waals surface area contributed by atoms with Gasteiger partial charge in [0.2, 0.25) is 0 Å². The lowest BCUT2D eigenvalue weighted by molar-refractivity contribution is 0.102. The van der Waals surface area contributed by atoms with Crippen LogP contribution in [-0.4, -0.2) is 23.0 Å². The Morgan fingerprint density at radius 1 is 1.12 bits per heavy atom. The molecule has 0 aliphatic carbocycles. The highest BCUT2D eigenvalue weighted by Gasteiger charge is 2.11. The predicted octanol–water partition coefficient (Wildman–Crippen LogP) is 3.35. The lowest BCUT2D eigenvalue weighted by Gasteiger charge is -2.11. The second kappa shape index (κ2) is 7.77. The third-order valence-corrected chi connectivity index (χ3v) is 3.52. The van der Waals surface area contributed by atoms with Gasteiger partial charge in [-0.1, -0.05) is 18.2 Å². The Balaban J connectivity index is 1.78. The number of aromatic nitrogens is 2. The zero-order valence-corrected chi connectivity index (χ0v) is 13.9. The number of para-hydroxylation sites is 2. The van der Waals surface area contributed by atoms with E-state index < -0.39 is 5.91 Å². The van der Waals surface area contributed by atoms with Crippen molar-refractivity contribution in [3.8, 4) is 11.8 Å². The van der Waals surface area contributed by atoms with Crippen LogP contribution in [0.5, 0.6) is 5.75 Å². The largest absolute Gasteiger partial charge is 0.495 e. The number of amides is 1. The molecule has 0 bridgehead atoms. The number of hydrogen-bond donors (Lipinski definition) is 2. The Morgan fingerprint density at radius 2 is 1.96 bits per heavy atom. The molecule has 1 aromatic heterocycles. The number of nitrogens with zero attached hydrogens (tertiary/aromatic N) is 3. The van der Waals surface area contributed by atoms with Gasteiger partial charge in [-0.2, -0.15) is 5.26 Å². The van der Waals surface area contributed by atoms with Crippen molar-refractivity contribution in [2.45, 2.75) is 0 Å². The predicted molar refractivity (Wildman–Crippen MR) is 97.4 cm³/mol. The molecule has 0 aliphatic rings. The summed E-state index contributed by atoms with van der Waals surface area (Å²) in [5.74, 6) is 0.719. The van der Waals surface area contributed by atoms with Crippen molar-refractivity contribution >= 4 is 23.1 Å². The van der Waals surface area contributed by atoms with Crippen LogP contribution in [0.4, 0.5) is 17.2 Å². The first kappa shape index (κ1) is 16.9. The zero-order chi connectivity index (χ0) is 18.4. The maximum atomic E-state index is 12.4. The van der Waals surface area contributed by atoms with Gasteiger partial charge in [-0.05, 0) is 30.3 Å². The molecule has 2 aromatic carbocycles. The summed E-state index contributed by atoms with van der Waals surface area (Å²) in [5, 5.41) is 14.7. The molecule has 1 heterocycles. The lowest BCUT2D eigenvalue weighted by atomic mass is 10.2. The second-order valence-corrected chi connectivity index (χ2v) is 5.26. The summed E-state index contributed by atoms with van der Waals surface area (Å²) >= 11 is 0. The van der Waals surface area contributed by atoms with Crippen LogP contribution < -0.4 is 15.4 Å². The van der Waals surface area contributed by atoms with Crippen LogP contribution in [0.3, 0.4) is 0 Å². The fraction of sp³-hybridized carbons (Fsp3) is 0.0526. The maximum Gasteiger partial charge on any atom is 0.274 e. The van der Waals surface area contributed by atoms with Crippen molar-refractivity contribution in [3.05, 3.63) is 72.2 Å². The Labute approximate surface area is 150 Å². The Kier molecular flexibility index (Phi) is 5.05. The van der Waals surface area contributed by atoms with E-state index in [2.05, 4.69) is 20.6 Å². The van der Waals surface area contributed by atoms with Crippen molar-refractivity contribution in [1.82, 2.24) is 9.97 Å². The fourth-order valence-electron chi connectivity index (χ4n) is 2.30. The van der Waals surface area contributed by atoms with Gasteiger partial charge in [0.1, 0.15) is 23.6 Å². The van der Waals surface area contributed by atoms with E-state index in [4.69, 9.17) is 10.00 Å². The van der Waals surface area contributed by atoms with E-state index in [9.17, 15) is 4.79 Å². The van der Waals surface area contributed by atoms with Crippen molar-refractivity contribution < 1.29 is 9.53 Å². The monoisotopic (exact) mass is 345 g/mol. The molecule has 3 aromatic rings. The van der Waals surface area contributed by atoms with Crippen molar-refractivity contribution in [1.29, 1.82) is 5.26 Å². The van der Waals surface area contributed by atoms with Crippen LogP contribution in [0, 0.1) is 11.3 Å². The van der Waals surface area contributed by atoms with Crippen LogP contribution >= 0.6 is 0 Å². The average molecular weight is 345 g/mol. The summed E-state index contributed by atoms with van der Waals surface area (Å²) in [5.41, 5.74) is 1.90. The number of nitrogens with one attached hydrogen (secondary N) is 2. The number of anilines is 3. The molecule has 1 amide bonds. The smallest absolute Gasteiger partial charge is 0.274 e. The molecule has 0 radical (unpaired) electrons. The zero-order valence-electron chi connectivity index (χ0n) is 13.9. The number of methoxy groups -OCH3 is 1. The van der Waals surface area contributed by atoms with Gasteiger partial charge in [-0.25, -0.2) is 9.97 Å². The number of carbonyl (C=O) groups excluding carboxylic acids is 1. The Hall–Kier alpha value is -3.92. The molecule has 26 heavy (non-hydrogen) atoms. The highest BCUT2D eigenvalue weighted by Crippen LogP contribution is 2.26. The molecule has 2 N–H and O–H groups in total. The first-order valence-electron chi connectivity index (χ1n) is 7.73. The number of benzene rings is 2. The van der Waals surface area contributed by atoms with Crippen LogP contribution in [0.25, 0.3) is 0 Å². The molecule has 0 spiro atoms. The third-order valence-electron chi connectivity index (χ3n) is 3.52. The van der Waals surface area contributed by atoms with E-state index in [1.807, 2.05) is 30.3 Å². The molecule has 0 fully saturated rings. The SMILES string of the molecule is COc1ccccc1Nc1cc(C(=O)Nc2cccc(C#N)c2)ncn1. The molecule has 0 saturated heterocycles. The van der Waals surface area contributed by atoms with Gasteiger partial charge in [-0.3, -0.25) is 4.79 Å². The van der Waals surface area contributed by atoms with E-state index in [1.165, 1.54) is 12.4 Å². The molecule has 0 saturated carbocycles. The first-order chi connectivity index (χ1) is 12.7. The number of hydrogen-bond acceptors (Lipinski definition) is 6. The summed E-state index contributed by atoms with van der Waals surface area (Å²) in [6.45, 7) is 0. The Bertz CT molecular complexity index is 981. The summed E-state index contributed by atoms with van der Waals surface area (Å²) < 4.78 is 5.28. The minimum atomic E-state index is -0.398. The summed E-state index contributed by atoms with van der Waals surface area (Å²) in [6, 6.07) is 17.6. The summed E-state index contributed by atoms with van der Waals surface area (Å²) in [6.07, 6.45) is 1.30. The van der Waals surface area contributed by atoms with Gasteiger partial charge in [-0.15, -0.1) is 0 Å². The topological polar surface area (TPSA) is 99.9 Å². The quantitative estimate of drug-likeness (QED) is 0.735. The fourth-order valence-corrected chi connectivity index (χ4v) is 2.30. The molecule has 0 aliphatic heterocycles. The third kappa shape index (κ3) is 3.94. The van der Waals surface area contributed by atoms with E-state index in [1.54, 1.807) is 31.4 Å². The van der Waals surface area contributed by atoms with E-state index in [0.29, 0.717) is 22.8 Å². The standard InChI is InChI=1S/C19H15N5O2/c1-26-17-8-3-2-7-15(17)24-18-10-16(21-12-22-18)19(25)23-14-6-4-5-13(9-14)11-20/h2-10,12H,1H3,(H,23,25)(H,21,22,24). The van der Waals surface area contributed by atoms with Crippen LogP contribution in [0.15, 0.2) is 60.9 Å². The molecule has 128 valence electrons. The molecule has 3 rings (SSSR count). The molecule has 0 unspecified atom stereocenters. The highest BCUT2D eigenvalue weighted by molar-refractivity contribution is 6.03. The minimum Gasteiger partial charge on any atom is -0.495 e. The summed E-state index contributed by atoms with van der Waals surface area (Å²) in [4.78, 5) is 20.5. The number of nitriles is 1. The van der Waals surface area contributed by atoms with Crippen LogP contribution in [0.1, 0.15) is 16.1 Å². The number of carbonyl (C=O) groups is 1. The molecular formula is C19H15N5O2. The van der Waals surface area contributed by atoms with Gasteiger partial charge >= 0.3 is 0 Å². The van der Waals surface area contributed by atoms with Gasteiger partial charge in [0, 0.05) is 11.8 Å². The van der Waals surface area contributed by atoms with E-state index in [0.717, 1.165) is 5.69 Å². The summed E-state index contributed by atoms with van der Waals surface area (Å²) in [7, 11) is 1.58. The Morgan fingerprint density at radius 3 is 2.77 bits per heavy atom. The maximum absolute atomic E-state index is 12.4. The number of rotatable bonds is 5. The van der Waals surface area contributed by atoms with Gasteiger partial charge < -0.3 is 15.4 Å².